The van der Waals surface area contributed by atoms with E-state index in [0.717, 1.165) is 0 Å². The van der Waals surface area contributed by atoms with Crippen molar-refractivity contribution in [1.82, 2.24) is 18.7 Å². The number of H-pyrrole nitrogens is 2. The SMILES string of the molecule is CCCOC(=O)c1c[nH]c2c(=O)[nH]c3ccc(S(=O)(=O)N(C)CCN(C)Cl)cc3c12. The molecule has 0 radical (unpaired) electrons. The Bertz CT molecular complexity index is 1250. The molecule has 3 rings (SSSR count). The van der Waals surface area contributed by atoms with Crippen LogP contribution in [0, 0.1) is 0 Å². The topological polar surface area (TPSA) is 116 Å². The summed E-state index contributed by atoms with van der Waals surface area (Å²) in [6.07, 6.45) is 2.06. The Balaban J connectivity index is 2.16. The van der Waals surface area contributed by atoms with Crippen molar-refractivity contribution in [2.24, 2.45) is 0 Å². The van der Waals surface area contributed by atoms with Crippen molar-refractivity contribution in [1.29, 1.82) is 0 Å². The maximum Gasteiger partial charge on any atom is 0.340 e. The maximum absolute atomic E-state index is 13.0. The van der Waals surface area contributed by atoms with Crippen LogP contribution in [0.4, 0.5) is 0 Å². The summed E-state index contributed by atoms with van der Waals surface area (Å²) in [5.41, 5.74) is 0.363. The molecule has 0 aliphatic carbocycles. The first-order chi connectivity index (χ1) is 14.2. The molecular formula is C19H23ClN4O5S. The van der Waals surface area contributed by atoms with E-state index in [-0.39, 0.29) is 29.1 Å². The summed E-state index contributed by atoms with van der Waals surface area (Å²) in [4.78, 5) is 30.4. The van der Waals surface area contributed by atoms with E-state index in [1.165, 1.54) is 40.2 Å². The largest absolute Gasteiger partial charge is 0.462 e. The average molecular weight is 455 g/mol. The van der Waals surface area contributed by atoms with Gasteiger partial charge in [-0.1, -0.05) is 6.92 Å². The molecule has 9 nitrogen and oxygen atoms in total. The molecule has 2 N–H and O–H groups in total. The highest BCUT2D eigenvalue weighted by atomic mass is 35.5. The highest BCUT2D eigenvalue weighted by molar-refractivity contribution is 7.89. The molecule has 2 aromatic heterocycles. The monoisotopic (exact) mass is 454 g/mol. The Morgan fingerprint density at radius 2 is 1.97 bits per heavy atom. The van der Waals surface area contributed by atoms with Crippen LogP contribution < -0.4 is 5.56 Å². The van der Waals surface area contributed by atoms with E-state index < -0.39 is 21.6 Å². The van der Waals surface area contributed by atoms with E-state index >= 15 is 0 Å². The average Bonchev–Trinajstić information content (AvgIpc) is 3.16. The molecule has 0 fully saturated rings. The van der Waals surface area contributed by atoms with Gasteiger partial charge in [0.1, 0.15) is 5.52 Å². The van der Waals surface area contributed by atoms with Crippen LogP contribution >= 0.6 is 11.8 Å². The van der Waals surface area contributed by atoms with E-state index in [2.05, 4.69) is 9.97 Å². The number of nitrogens with zero attached hydrogens (tertiary/aromatic N) is 2. The van der Waals surface area contributed by atoms with Gasteiger partial charge in [-0.15, -0.1) is 0 Å². The minimum atomic E-state index is -3.81. The van der Waals surface area contributed by atoms with Crippen LogP contribution in [0.3, 0.4) is 0 Å². The number of esters is 1. The maximum atomic E-state index is 13.0. The van der Waals surface area contributed by atoms with E-state index in [0.29, 0.717) is 29.3 Å². The van der Waals surface area contributed by atoms with Gasteiger partial charge >= 0.3 is 5.97 Å². The summed E-state index contributed by atoms with van der Waals surface area (Å²) in [5, 5.41) is 0.758. The van der Waals surface area contributed by atoms with Crippen molar-refractivity contribution >= 4 is 49.6 Å². The number of aromatic amines is 2. The number of hydrogen-bond donors (Lipinski definition) is 2. The molecule has 0 aliphatic heterocycles. The van der Waals surface area contributed by atoms with Gasteiger partial charge in [0.05, 0.1) is 17.1 Å². The first-order valence-electron chi connectivity index (χ1n) is 9.34. The van der Waals surface area contributed by atoms with E-state index in [9.17, 15) is 18.0 Å². The third-order valence-corrected chi connectivity index (χ3v) is 6.73. The van der Waals surface area contributed by atoms with Crippen LogP contribution in [0.2, 0.25) is 0 Å². The number of carbonyl (C=O) groups excluding carboxylic acids is 1. The van der Waals surface area contributed by atoms with Gasteiger partial charge in [0.15, 0.2) is 0 Å². The van der Waals surface area contributed by atoms with Gasteiger partial charge in [-0.05, 0) is 36.4 Å². The van der Waals surface area contributed by atoms with Crippen LogP contribution in [-0.2, 0) is 14.8 Å². The number of nitrogens with one attached hydrogen (secondary N) is 2. The van der Waals surface area contributed by atoms with Crippen LogP contribution in [0.25, 0.3) is 21.8 Å². The lowest BCUT2D eigenvalue weighted by molar-refractivity contribution is 0.0507. The number of aromatic nitrogens is 2. The molecule has 0 aliphatic rings. The smallest absolute Gasteiger partial charge is 0.340 e. The van der Waals surface area contributed by atoms with Gasteiger partial charge in [-0.3, -0.25) is 4.79 Å². The predicted octanol–water partition coefficient (Wildman–Crippen LogP) is 2.28. The number of benzene rings is 1. The number of sulfonamides is 1. The Kier molecular flexibility index (Phi) is 6.51. The van der Waals surface area contributed by atoms with Gasteiger partial charge in [-0.2, -0.15) is 4.31 Å². The van der Waals surface area contributed by atoms with Crippen LogP contribution in [0.15, 0.2) is 34.1 Å². The second kappa shape index (κ2) is 8.76. The number of carbonyl (C=O) groups is 1. The summed E-state index contributed by atoms with van der Waals surface area (Å²) in [6.45, 7) is 2.65. The van der Waals surface area contributed by atoms with Crippen molar-refractivity contribution in [2.45, 2.75) is 18.2 Å². The highest BCUT2D eigenvalue weighted by Gasteiger charge is 2.23. The lowest BCUT2D eigenvalue weighted by Crippen LogP contribution is -2.32. The van der Waals surface area contributed by atoms with Crippen molar-refractivity contribution in [3.8, 4) is 0 Å². The molecule has 0 amide bonds. The summed E-state index contributed by atoms with van der Waals surface area (Å²) in [7, 11) is -0.706. The minimum absolute atomic E-state index is 0.0390. The van der Waals surface area contributed by atoms with E-state index in [1.54, 1.807) is 7.05 Å². The predicted molar refractivity (Wildman–Crippen MR) is 115 cm³/mol. The zero-order chi connectivity index (χ0) is 22.1. The second-order valence-corrected chi connectivity index (χ2v) is 9.53. The summed E-state index contributed by atoms with van der Waals surface area (Å²) >= 11 is 5.78. The molecular weight excluding hydrogens is 432 g/mol. The first kappa shape index (κ1) is 22.3. The third kappa shape index (κ3) is 4.22. The quantitative estimate of drug-likeness (QED) is 0.398. The lowest BCUT2D eigenvalue weighted by atomic mass is 10.1. The first-order valence-corrected chi connectivity index (χ1v) is 11.1. The Hall–Kier alpha value is -2.40. The molecule has 11 heteroatoms. The Morgan fingerprint density at radius 3 is 2.63 bits per heavy atom. The standard InChI is InChI=1S/C19H23ClN4O5S/c1-4-9-29-19(26)14-11-21-17-16(14)13-10-12(5-6-15(13)22-18(17)25)30(27,28)24(3)8-7-23(2)20/h5-6,10-11,21H,4,7-9H2,1-3H3,(H,22,25). The van der Waals surface area contributed by atoms with E-state index in [1.807, 2.05) is 6.92 Å². The normalized spacial score (nSPS) is 12.3. The molecule has 0 saturated carbocycles. The van der Waals surface area contributed by atoms with Crippen LogP contribution in [0.1, 0.15) is 23.7 Å². The molecule has 0 saturated heterocycles. The number of rotatable bonds is 8. The number of pyridine rings is 1. The number of halogens is 1. The molecule has 0 bridgehead atoms. The number of fused-ring (bicyclic) bond motifs is 3. The fraction of sp³-hybridized carbons (Fsp3) is 0.368. The van der Waals surface area contributed by atoms with Gasteiger partial charge in [0.25, 0.3) is 5.56 Å². The molecule has 1 aromatic carbocycles. The summed E-state index contributed by atoms with van der Waals surface area (Å²) in [5.74, 6) is -0.578. The molecule has 0 unspecified atom stereocenters. The van der Waals surface area contributed by atoms with Crippen molar-refractivity contribution in [3.63, 3.8) is 0 Å². The van der Waals surface area contributed by atoms with Gasteiger partial charge in [0, 0.05) is 49.7 Å². The molecule has 3 aromatic rings. The van der Waals surface area contributed by atoms with Gasteiger partial charge in [0.2, 0.25) is 10.0 Å². The summed E-state index contributed by atoms with van der Waals surface area (Å²) in [6, 6.07) is 4.38. The molecule has 0 spiro atoms. The number of hydrogen-bond acceptors (Lipinski definition) is 6. The van der Waals surface area contributed by atoms with Crippen molar-refractivity contribution < 1.29 is 17.9 Å². The molecule has 162 valence electrons. The van der Waals surface area contributed by atoms with Gasteiger partial charge in [-0.25, -0.2) is 17.6 Å². The number of ether oxygens (including phenoxy) is 1. The zero-order valence-corrected chi connectivity index (χ0v) is 18.4. The van der Waals surface area contributed by atoms with Crippen LogP contribution in [-0.4, -0.2) is 66.9 Å². The zero-order valence-electron chi connectivity index (χ0n) is 16.9. The van der Waals surface area contributed by atoms with E-state index in [4.69, 9.17) is 16.5 Å². The van der Waals surface area contributed by atoms with Crippen molar-refractivity contribution in [3.05, 3.63) is 40.3 Å². The third-order valence-electron chi connectivity index (χ3n) is 4.70. The highest BCUT2D eigenvalue weighted by Crippen LogP contribution is 2.28. The lowest BCUT2D eigenvalue weighted by Gasteiger charge is -2.19. The molecule has 30 heavy (non-hydrogen) atoms. The Morgan fingerprint density at radius 1 is 1.23 bits per heavy atom. The van der Waals surface area contributed by atoms with Gasteiger partial charge < -0.3 is 14.7 Å². The second-order valence-electron chi connectivity index (χ2n) is 6.90. The number of likely N-dealkylation sites (N-methyl/N-ethyl adjacent to an activating group) is 2. The van der Waals surface area contributed by atoms with Crippen LogP contribution in [0.5, 0.6) is 0 Å². The fourth-order valence-corrected chi connectivity index (χ4v) is 4.34. The molecule has 0 atom stereocenters. The Labute approximate surface area is 178 Å². The summed E-state index contributed by atoms with van der Waals surface area (Å²) < 4.78 is 33.7. The molecule has 2 heterocycles. The minimum Gasteiger partial charge on any atom is -0.462 e. The van der Waals surface area contributed by atoms with Crippen molar-refractivity contribution in [2.75, 3.05) is 33.8 Å². The fourth-order valence-electron chi connectivity index (χ4n) is 3.08.